The Balaban J connectivity index is 4.25. The topological polar surface area (TPSA) is 29.5 Å². The predicted molar refractivity (Wildman–Crippen MR) is 50.9 cm³/mol. The van der Waals surface area contributed by atoms with E-state index in [-0.39, 0.29) is 6.61 Å². The molecule has 0 bridgehead atoms. The Morgan fingerprint density at radius 1 is 1.33 bits per heavy atom. The van der Waals surface area contributed by atoms with Gasteiger partial charge >= 0.3 is 0 Å². The molecular weight excluding hydrogens is 152 g/mol. The van der Waals surface area contributed by atoms with E-state index in [9.17, 15) is 0 Å². The van der Waals surface area contributed by atoms with Crippen LogP contribution < -0.4 is 0 Å². The molecule has 12 heavy (non-hydrogen) atoms. The zero-order valence-corrected chi connectivity index (χ0v) is 7.87. The Kier molecular flexibility index (Phi) is 6.34. The summed E-state index contributed by atoms with van der Waals surface area (Å²) in [6.07, 6.45) is 7.68. The molecule has 0 spiro atoms. The van der Waals surface area contributed by atoms with Gasteiger partial charge in [0.1, 0.15) is 6.61 Å². The lowest BCUT2D eigenvalue weighted by Gasteiger charge is -1.96. The molecular formula is C10H16O2. The van der Waals surface area contributed by atoms with Gasteiger partial charge in [0.05, 0.1) is 0 Å². The van der Waals surface area contributed by atoms with Crippen molar-refractivity contribution in [3.8, 4) is 0 Å². The molecule has 0 atom stereocenters. The predicted octanol–water partition coefficient (Wildman–Crippen LogP) is 2.94. The summed E-state index contributed by atoms with van der Waals surface area (Å²) in [7, 11) is 0. The molecule has 0 unspecified atom stereocenters. The SMILES string of the molecule is C/C=C\C(/C=C/COO)=C(C)C. The third kappa shape index (κ3) is 4.88. The fourth-order valence-electron chi connectivity index (χ4n) is 0.787. The van der Waals surface area contributed by atoms with Crippen LogP contribution in [0.1, 0.15) is 20.8 Å². The number of hydrogen-bond acceptors (Lipinski definition) is 2. The molecule has 0 rings (SSSR count). The van der Waals surface area contributed by atoms with Crippen LogP contribution in [0.15, 0.2) is 35.5 Å². The maximum Gasteiger partial charge on any atom is 0.100 e. The van der Waals surface area contributed by atoms with Crippen LogP contribution in [-0.2, 0) is 4.89 Å². The van der Waals surface area contributed by atoms with Crippen molar-refractivity contribution in [2.45, 2.75) is 20.8 Å². The lowest BCUT2D eigenvalue weighted by Crippen LogP contribution is -1.83. The van der Waals surface area contributed by atoms with Crippen LogP contribution in [-0.4, -0.2) is 11.9 Å². The fraction of sp³-hybridized carbons (Fsp3) is 0.400. The minimum atomic E-state index is 0.230. The van der Waals surface area contributed by atoms with E-state index in [0.717, 1.165) is 5.57 Å². The lowest BCUT2D eigenvalue weighted by atomic mass is 10.1. The van der Waals surface area contributed by atoms with Gasteiger partial charge in [0, 0.05) is 0 Å². The first-order valence-electron chi connectivity index (χ1n) is 3.95. The number of hydrogen-bond donors (Lipinski definition) is 1. The Hall–Kier alpha value is -0.860. The summed E-state index contributed by atoms with van der Waals surface area (Å²) in [5.74, 6) is 0. The molecule has 2 heteroatoms. The molecule has 0 aliphatic rings. The summed E-state index contributed by atoms with van der Waals surface area (Å²) >= 11 is 0. The van der Waals surface area contributed by atoms with Gasteiger partial charge in [-0.15, -0.1) is 0 Å². The van der Waals surface area contributed by atoms with Crippen LogP contribution in [0.25, 0.3) is 0 Å². The van der Waals surface area contributed by atoms with Crippen LogP contribution >= 0.6 is 0 Å². The summed E-state index contributed by atoms with van der Waals surface area (Å²) in [5.41, 5.74) is 2.39. The molecule has 2 nitrogen and oxygen atoms in total. The van der Waals surface area contributed by atoms with E-state index in [1.165, 1.54) is 5.57 Å². The quantitative estimate of drug-likeness (QED) is 0.397. The van der Waals surface area contributed by atoms with Crippen molar-refractivity contribution >= 4 is 0 Å². The molecule has 0 aromatic carbocycles. The molecule has 0 aliphatic carbocycles. The molecule has 0 amide bonds. The van der Waals surface area contributed by atoms with Gasteiger partial charge in [-0.05, 0) is 26.3 Å². The van der Waals surface area contributed by atoms with Gasteiger partial charge in [-0.25, -0.2) is 4.89 Å². The fourth-order valence-corrected chi connectivity index (χ4v) is 0.787. The van der Waals surface area contributed by atoms with E-state index in [1.54, 1.807) is 6.08 Å². The van der Waals surface area contributed by atoms with Crippen LogP contribution in [0.2, 0.25) is 0 Å². The Morgan fingerprint density at radius 2 is 2.00 bits per heavy atom. The smallest absolute Gasteiger partial charge is 0.100 e. The third-order valence-electron chi connectivity index (χ3n) is 1.39. The molecule has 1 N–H and O–H groups in total. The van der Waals surface area contributed by atoms with Gasteiger partial charge in [-0.3, -0.25) is 5.26 Å². The third-order valence-corrected chi connectivity index (χ3v) is 1.39. The van der Waals surface area contributed by atoms with Crippen LogP contribution in [0, 0.1) is 0 Å². The zero-order chi connectivity index (χ0) is 9.40. The second-order valence-corrected chi connectivity index (χ2v) is 2.65. The highest BCUT2D eigenvalue weighted by Gasteiger charge is 1.87. The van der Waals surface area contributed by atoms with Crippen molar-refractivity contribution in [2.24, 2.45) is 0 Å². The van der Waals surface area contributed by atoms with Gasteiger partial charge in [-0.1, -0.05) is 29.9 Å². The molecule has 0 aromatic heterocycles. The summed E-state index contributed by atoms with van der Waals surface area (Å²) in [6.45, 7) is 6.28. The first kappa shape index (κ1) is 11.1. The summed E-state index contributed by atoms with van der Waals surface area (Å²) < 4.78 is 0. The van der Waals surface area contributed by atoms with Gasteiger partial charge in [-0.2, -0.15) is 0 Å². The maximum atomic E-state index is 8.06. The molecule has 0 saturated carbocycles. The highest BCUT2D eigenvalue weighted by atomic mass is 17.1. The van der Waals surface area contributed by atoms with Crippen molar-refractivity contribution in [2.75, 3.05) is 6.61 Å². The first-order chi connectivity index (χ1) is 5.72. The van der Waals surface area contributed by atoms with E-state index < -0.39 is 0 Å². The maximum absolute atomic E-state index is 8.06. The van der Waals surface area contributed by atoms with Gasteiger partial charge in [0.15, 0.2) is 0 Å². The van der Waals surface area contributed by atoms with Crippen LogP contribution in [0.5, 0.6) is 0 Å². The van der Waals surface area contributed by atoms with Crippen molar-refractivity contribution < 1.29 is 10.1 Å². The Bertz CT molecular complexity index is 196. The molecule has 0 aromatic rings. The highest BCUT2D eigenvalue weighted by molar-refractivity contribution is 5.33. The zero-order valence-electron chi connectivity index (χ0n) is 7.87. The van der Waals surface area contributed by atoms with E-state index >= 15 is 0 Å². The average Bonchev–Trinajstić information content (AvgIpc) is 2.03. The van der Waals surface area contributed by atoms with Crippen molar-refractivity contribution in [1.82, 2.24) is 0 Å². The van der Waals surface area contributed by atoms with Crippen LogP contribution in [0.4, 0.5) is 0 Å². The van der Waals surface area contributed by atoms with Crippen molar-refractivity contribution in [3.05, 3.63) is 35.5 Å². The number of allylic oxidation sites excluding steroid dienone is 5. The summed E-state index contributed by atoms with van der Waals surface area (Å²) in [4.78, 5) is 3.92. The molecule has 0 saturated heterocycles. The summed E-state index contributed by atoms with van der Waals surface area (Å²) in [5, 5.41) is 8.06. The van der Waals surface area contributed by atoms with Gasteiger partial charge < -0.3 is 0 Å². The largest absolute Gasteiger partial charge is 0.252 e. The minimum Gasteiger partial charge on any atom is -0.252 e. The van der Waals surface area contributed by atoms with E-state index in [0.29, 0.717) is 0 Å². The minimum absolute atomic E-state index is 0.230. The van der Waals surface area contributed by atoms with Gasteiger partial charge in [0.2, 0.25) is 0 Å². The van der Waals surface area contributed by atoms with Gasteiger partial charge in [0.25, 0.3) is 0 Å². The molecule has 0 aliphatic heterocycles. The highest BCUT2D eigenvalue weighted by Crippen LogP contribution is 2.06. The first-order valence-corrected chi connectivity index (χ1v) is 3.95. The molecule has 0 radical (unpaired) electrons. The van der Waals surface area contributed by atoms with Crippen LogP contribution in [0.3, 0.4) is 0 Å². The van der Waals surface area contributed by atoms with Crippen molar-refractivity contribution in [3.63, 3.8) is 0 Å². The van der Waals surface area contributed by atoms with E-state index in [1.807, 2.05) is 39.0 Å². The van der Waals surface area contributed by atoms with E-state index in [4.69, 9.17) is 5.26 Å². The normalized spacial score (nSPS) is 11.3. The molecule has 68 valence electrons. The second-order valence-electron chi connectivity index (χ2n) is 2.65. The molecule has 0 fully saturated rings. The summed E-state index contributed by atoms with van der Waals surface area (Å²) in [6, 6.07) is 0. The molecule has 0 heterocycles. The lowest BCUT2D eigenvalue weighted by molar-refractivity contribution is -0.231. The second kappa shape index (κ2) is 6.83. The number of rotatable bonds is 4. The average molecular weight is 168 g/mol. The Labute approximate surface area is 73.8 Å². The Morgan fingerprint density at radius 3 is 2.42 bits per heavy atom. The standard InChI is InChI=1S/C10H16O2/c1-4-6-10(9(2)3)7-5-8-12-11/h4-7,11H,8H2,1-3H3/b6-4-,7-5+. The monoisotopic (exact) mass is 168 g/mol. The van der Waals surface area contributed by atoms with E-state index in [2.05, 4.69) is 4.89 Å². The van der Waals surface area contributed by atoms with Crippen molar-refractivity contribution in [1.29, 1.82) is 0 Å².